The third kappa shape index (κ3) is 2.01. The predicted molar refractivity (Wildman–Crippen MR) is 54.7 cm³/mol. The molecule has 1 aliphatic rings. The van der Waals surface area contributed by atoms with Gasteiger partial charge in [-0.3, -0.25) is 0 Å². The summed E-state index contributed by atoms with van der Waals surface area (Å²) in [6.07, 6.45) is 1.07. The summed E-state index contributed by atoms with van der Waals surface area (Å²) in [5, 5.41) is 8.55. The van der Waals surface area contributed by atoms with Crippen LogP contribution in [0.5, 0.6) is 0 Å². The molecule has 5 heteroatoms. The van der Waals surface area contributed by atoms with Crippen molar-refractivity contribution in [3.8, 4) is 0 Å². The second-order valence-electron chi connectivity index (χ2n) is 4.22. The minimum Gasteiger partial charge on any atom is -0.477 e. The Kier molecular flexibility index (Phi) is 2.85. The Balaban J connectivity index is 2.45. The number of benzene rings is 1. The zero-order valence-corrected chi connectivity index (χ0v) is 8.92. The Morgan fingerprint density at radius 1 is 1.41 bits per heavy atom. The van der Waals surface area contributed by atoms with Crippen molar-refractivity contribution in [1.82, 2.24) is 0 Å². The highest BCUT2D eigenvalue weighted by Gasteiger charge is 2.49. The number of hydrogen-bond acceptors (Lipinski definition) is 1. The van der Waals surface area contributed by atoms with Crippen molar-refractivity contribution in [3.05, 3.63) is 35.1 Å². The Labute approximate surface area is 96.1 Å². The van der Waals surface area contributed by atoms with Gasteiger partial charge in [-0.05, 0) is 42.5 Å². The molecule has 0 fully saturated rings. The molecule has 1 aliphatic carbocycles. The number of aliphatic carboxylic acids is 1. The molecule has 0 spiro atoms. The summed E-state index contributed by atoms with van der Waals surface area (Å²) in [5.41, 5.74) is 0.743. The average Bonchev–Trinajstić information content (AvgIpc) is 2.27. The summed E-state index contributed by atoms with van der Waals surface area (Å²) in [6, 6.07) is 3.57. The molecule has 1 N–H and O–H groups in total. The molecular weight excluding hydrogens is 233 g/mol. The molecule has 2 rings (SSSR count). The smallest absolute Gasteiger partial charge is 0.375 e. The van der Waals surface area contributed by atoms with E-state index in [-0.39, 0.29) is 12.0 Å². The van der Waals surface area contributed by atoms with Crippen LogP contribution in [-0.2, 0) is 11.2 Å². The van der Waals surface area contributed by atoms with Crippen molar-refractivity contribution in [2.45, 2.75) is 31.1 Å². The highest BCUT2D eigenvalue weighted by atomic mass is 19.3. The van der Waals surface area contributed by atoms with Crippen LogP contribution in [0.15, 0.2) is 18.2 Å². The van der Waals surface area contributed by atoms with Crippen LogP contribution >= 0.6 is 0 Å². The Morgan fingerprint density at radius 2 is 2.12 bits per heavy atom. The summed E-state index contributed by atoms with van der Waals surface area (Å²) < 4.78 is 40.0. The monoisotopic (exact) mass is 244 g/mol. The number of aryl methyl sites for hydroxylation is 1. The minimum absolute atomic E-state index is 0.109. The Bertz CT molecular complexity index is 457. The first-order chi connectivity index (χ1) is 7.93. The molecular formula is C12H11F3O2. The fourth-order valence-electron chi connectivity index (χ4n) is 2.31. The van der Waals surface area contributed by atoms with E-state index in [1.807, 2.05) is 0 Å². The molecule has 1 aromatic carbocycles. The van der Waals surface area contributed by atoms with E-state index in [4.69, 9.17) is 5.11 Å². The van der Waals surface area contributed by atoms with Gasteiger partial charge in [0.25, 0.3) is 0 Å². The van der Waals surface area contributed by atoms with Crippen LogP contribution in [0, 0.1) is 5.82 Å². The van der Waals surface area contributed by atoms with E-state index in [2.05, 4.69) is 0 Å². The van der Waals surface area contributed by atoms with E-state index in [9.17, 15) is 18.0 Å². The molecule has 0 radical (unpaired) electrons. The van der Waals surface area contributed by atoms with E-state index in [0.717, 1.165) is 6.07 Å². The van der Waals surface area contributed by atoms with Gasteiger partial charge in [-0.25, -0.2) is 9.18 Å². The van der Waals surface area contributed by atoms with Crippen molar-refractivity contribution >= 4 is 5.97 Å². The van der Waals surface area contributed by atoms with Crippen molar-refractivity contribution in [2.75, 3.05) is 0 Å². The van der Waals surface area contributed by atoms with Crippen LogP contribution in [-0.4, -0.2) is 17.0 Å². The van der Waals surface area contributed by atoms with Gasteiger partial charge in [0, 0.05) is 0 Å². The zero-order chi connectivity index (χ0) is 12.6. The molecule has 0 amide bonds. The molecule has 0 aromatic heterocycles. The highest BCUT2D eigenvalue weighted by molar-refractivity contribution is 5.77. The van der Waals surface area contributed by atoms with Gasteiger partial charge >= 0.3 is 11.9 Å². The van der Waals surface area contributed by atoms with Gasteiger partial charge in [0.1, 0.15) is 5.82 Å². The van der Waals surface area contributed by atoms with Gasteiger partial charge in [-0.1, -0.05) is 6.07 Å². The topological polar surface area (TPSA) is 37.3 Å². The van der Waals surface area contributed by atoms with Gasteiger partial charge in [-0.2, -0.15) is 8.78 Å². The van der Waals surface area contributed by atoms with Crippen molar-refractivity contribution in [1.29, 1.82) is 0 Å². The SMILES string of the molecule is O=C(O)C(F)(F)C1CCCc2cc(F)ccc21. The van der Waals surface area contributed by atoms with Crippen molar-refractivity contribution < 1.29 is 23.1 Å². The summed E-state index contributed by atoms with van der Waals surface area (Å²) in [7, 11) is 0. The molecule has 0 bridgehead atoms. The van der Waals surface area contributed by atoms with Gasteiger partial charge in [-0.15, -0.1) is 0 Å². The van der Waals surface area contributed by atoms with Gasteiger partial charge in [0.15, 0.2) is 0 Å². The average molecular weight is 244 g/mol. The predicted octanol–water partition coefficient (Wildman–Crippen LogP) is 2.97. The number of fused-ring (bicyclic) bond motifs is 1. The molecule has 0 aliphatic heterocycles. The standard InChI is InChI=1S/C12H11F3O2/c13-8-4-5-9-7(6-8)2-1-3-10(9)12(14,15)11(16)17/h4-6,10H,1-3H2,(H,16,17). The first-order valence-electron chi connectivity index (χ1n) is 5.32. The van der Waals surface area contributed by atoms with Crippen molar-refractivity contribution in [3.63, 3.8) is 0 Å². The first-order valence-corrected chi connectivity index (χ1v) is 5.32. The summed E-state index contributed by atoms with van der Waals surface area (Å²) >= 11 is 0. The van der Waals surface area contributed by atoms with Crippen LogP contribution < -0.4 is 0 Å². The Hall–Kier alpha value is -1.52. The second kappa shape index (κ2) is 4.05. The maximum absolute atomic E-state index is 13.5. The summed E-state index contributed by atoms with van der Waals surface area (Å²) in [4.78, 5) is 10.6. The van der Waals surface area contributed by atoms with E-state index in [1.54, 1.807) is 0 Å². The quantitative estimate of drug-likeness (QED) is 0.868. The lowest BCUT2D eigenvalue weighted by molar-refractivity contribution is -0.169. The molecule has 1 unspecified atom stereocenters. The zero-order valence-electron chi connectivity index (χ0n) is 8.92. The van der Waals surface area contributed by atoms with Crippen LogP contribution in [0.1, 0.15) is 29.9 Å². The number of carbonyl (C=O) groups is 1. The molecule has 0 saturated heterocycles. The second-order valence-corrected chi connectivity index (χ2v) is 4.22. The van der Waals surface area contributed by atoms with E-state index < -0.39 is 23.6 Å². The largest absolute Gasteiger partial charge is 0.477 e. The Morgan fingerprint density at radius 3 is 2.76 bits per heavy atom. The first kappa shape index (κ1) is 12.0. The summed E-state index contributed by atoms with van der Waals surface area (Å²) in [5.74, 6) is -7.76. The van der Waals surface area contributed by atoms with Crippen LogP contribution in [0.4, 0.5) is 13.2 Å². The van der Waals surface area contributed by atoms with Gasteiger partial charge < -0.3 is 5.11 Å². The molecule has 1 atom stereocenters. The van der Waals surface area contributed by atoms with Crippen LogP contribution in [0.25, 0.3) is 0 Å². The highest BCUT2D eigenvalue weighted by Crippen LogP contribution is 2.42. The van der Waals surface area contributed by atoms with Crippen LogP contribution in [0.3, 0.4) is 0 Å². The molecule has 0 saturated carbocycles. The number of carboxylic acids is 1. The lowest BCUT2D eigenvalue weighted by Gasteiger charge is -2.29. The van der Waals surface area contributed by atoms with Gasteiger partial charge in [0.2, 0.25) is 0 Å². The summed E-state index contributed by atoms with van der Waals surface area (Å²) in [6.45, 7) is 0. The number of halogens is 3. The fourth-order valence-corrected chi connectivity index (χ4v) is 2.31. The van der Waals surface area contributed by atoms with E-state index >= 15 is 0 Å². The maximum atomic E-state index is 13.5. The molecule has 17 heavy (non-hydrogen) atoms. The number of carboxylic acid groups (broad SMARTS) is 1. The minimum atomic E-state index is -3.80. The lowest BCUT2D eigenvalue weighted by Crippen LogP contribution is -2.37. The third-order valence-corrected chi connectivity index (χ3v) is 3.14. The van der Waals surface area contributed by atoms with Crippen molar-refractivity contribution in [2.24, 2.45) is 0 Å². The fraction of sp³-hybridized carbons (Fsp3) is 0.417. The molecule has 2 nitrogen and oxygen atoms in total. The van der Waals surface area contributed by atoms with Crippen LogP contribution in [0.2, 0.25) is 0 Å². The normalized spacial score (nSPS) is 19.8. The molecule has 92 valence electrons. The third-order valence-electron chi connectivity index (χ3n) is 3.14. The lowest BCUT2D eigenvalue weighted by atomic mass is 9.79. The maximum Gasteiger partial charge on any atom is 0.375 e. The van der Waals surface area contributed by atoms with E-state index in [1.165, 1.54) is 12.1 Å². The van der Waals surface area contributed by atoms with E-state index in [0.29, 0.717) is 18.4 Å². The number of hydrogen-bond donors (Lipinski definition) is 1. The molecule has 0 heterocycles. The number of rotatable bonds is 2. The van der Waals surface area contributed by atoms with Gasteiger partial charge in [0.05, 0.1) is 5.92 Å². The molecule has 1 aromatic rings. The number of alkyl halides is 2.